The zero-order valence-corrected chi connectivity index (χ0v) is 17.3. The first-order chi connectivity index (χ1) is 16.2. The summed E-state index contributed by atoms with van der Waals surface area (Å²) in [4.78, 5) is 25.1. The predicted octanol–water partition coefficient (Wildman–Crippen LogP) is 5.97. The van der Waals surface area contributed by atoms with Gasteiger partial charge in [-0.25, -0.2) is 9.18 Å². The molecule has 0 fully saturated rings. The molecule has 1 heterocycles. The lowest BCUT2D eigenvalue weighted by Gasteiger charge is -2.14. The second-order valence-corrected chi connectivity index (χ2v) is 6.89. The highest BCUT2D eigenvalue weighted by atomic mass is 19.4. The molecule has 0 spiro atoms. The Labute approximate surface area is 188 Å². The monoisotopic (exact) mass is 474 g/mol. The minimum atomic E-state index is -5.07. The van der Waals surface area contributed by atoms with E-state index in [1.165, 1.54) is 55.6 Å². The SMILES string of the molecule is COc1ccc(Oc2c(C(F)(F)F)oc3cc(OC(=O)c4ccccc4F)ccc3c2=O)cc1. The normalized spacial score (nSPS) is 11.3. The van der Waals surface area contributed by atoms with Crippen molar-refractivity contribution in [2.24, 2.45) is 0 Å². The number of benzene rings is 3. The average Bonchev–Trinajstić information content (AvgIpc) is 2.80. The molecule has 0 N–H and O–H groups in total. The number of methoxy groups -OCH3 is 1. The van der Waals surface area contributed by atoms with Crippen molar-refractivity contribution in [3.05, 3.63) is 94.1 Å². The van der Waals surface area contributed by atoms with E-state index in [0.29, 0.717) is 5.75 Å². The summed E-state index contributed by atoms with van der Waals surface area (Å²) in [6.07, 6.45) is -5.07. The molecule has 10 heteroatoms. The molecule has 34 heavy (non-hydrogen) atoms. The highest BCUT2D eigenvalue weighted by molar-refractivity contribution is 5.92. The van der Waals surface area contributed by atoms with Gasteiger partial charge < -0.3 is 18.6 Å². The fourth-order valence-corrected chi connectivity index (χ4v) is 3.05. The number of ether oxygens (including phenoxy) is 3. The zero-order valence-electron chi connectivity index (χ0n) is 17.3. The van der Waals surface area contributed by atoms with Gasteiger partial charge in [0.2, 0.25) is 11.2 Å². The molecule has 0 bridgehead atoms. The van der Waals surface area contributed by atoms with E-state index in [1.54, 1.807) is 0 Å². The van der Waals surface area contributed by atoms with Crippen LogP contribution < -0.4 is 19.6 Å². The number of fused-ring (bicyclic) bond motifs is 1. The van der Waals surface area contributed by atoms with Gasteiger partial charge in [0.1, 0.15) is 28.6 Å². The van der Waals surface area contributed by atoms with E-state index in [9.17, 15) is 27.2 Å². The third-order valence-electron chi connectivity index (χ3n) is 4.66. The largest absolute Gasteiger partial charge is 0.497 e. The summed E-state index contributed by atoms with van der Waals surface area (Å²) in [7, 11) is 1.41. The van der Waals surface area contributed by atoms with Crippen LogP contribution in [0.5, 0.6) is 23.0 Å². The van der Waals surface area contributed by atoms with Gasteiger partial charge in [0, 0.05) is 6.07 Å². The Hall–Kier alpha value is -4.34. The first-order valence-corrected chi connectivity index (χ1v) is 9.64. The Morgan fingerprint density at radius 2 is 1.56 bits per heavy atom. The average molecular weight is 474 g/mol. The molecular formula is C24H14F4O6. The number of alkyl halides is 3. The van der Waals surface area contributed by atoms with Crippen molar-refractivity contribution in [2.75, 3.05) is 7.11 Å². The van der Waals surface area contributed by atoms with Crippen molar-refractivity contribution >= 4 is 16.9 Å². The van der Waals surface area contributed by atoms with Crippen molar-refractivity contribution in [1.82, 2.24) is 0 Å². The van der Waals surface area contributed by atoms with E-state index in [4.69, 9.17) is 18.6 Å². The molecule has 6 nitrogen and oxygen atoms in total. The summed E-state index contributed by atoms with van der Waals surface area (Å²) in [6.45, 7) is 0. The first-order valence-electron chi connectivity index (χ1n) is 9.64. The molecular weight excluding hydrogens is 460 g/mol. The van der Waals surface area contributed by atoms with Crippen LogP contribution in [-0.2, 0) is 6.18 Å². The van der Waals surface area contributed by atoms with Gasteiger partial charge in [-0.3, -0.25) is 4.79 Å². The quantitative estimate of drug-likeness (QED) is 0.202. The molecule has 0 unspecified atom stereocenters. The van der Waals surface area contributed by atoms with Crippen LogP contribution in [0.25, 0.3) is 11.0 Å². The van der Waals surface area contributed by atoms with E-state index in [2.05, 4.69) is 0 Å². The van der Waals surface area contributed by atoms with Crippen LogP contribution in [0.3, 0.4) is 0 Å². The van der Waals surface area contributed by atoms with Crippen LogP contribution in [0.4, 0.5) is 17.6 Å². The number of esters is 1. The Balaban J connectivity index is 1.74. The maximum atomic E-state index is 13.8. The summed E-state index contributed by atoms with van der Waals surface area (Å²) >= 11 is 0. The molecule has 0 aliphatic rings. The minimum Gasteiger partial charge on any atom is -0.497 e. The van der Waals surface area contributed by atoms with E-state index >= 15 is 0 Å². The minimum absolute atomic E-state index is 0.0478. The molecule has 0 atom stereocenters. The van der Waals surface area contributed by atoms with Crippen LogP contribution >= 0.6 is 0 Å². The number of carbonyl (C=O) groups excluding carboxylic acids is 1. The molecule has 0 aliphatic carbocycles. The van der Waals surface area contributed by atoms with Crippen LogP contribution in [0.1, 0.15) is 16.1 Å². The van der Waals surface area contributed by atoms with Crippen LogP contribution in [-0.4, -0.2) is 13.1 Å². The number of halogens is 4. The standard InChI is InChI=1S/C24H14F4O6/c1-31-13-6-8-14(9-7-13)32-21-20(29)17-11-10-15(12-19(17)34-22(21)24(26,27)28)33-23(30)16-4-2-3-5-18(16)25/h2-12H,1H3. The molecule has 174 valence electrons. The third kappa shape index (κ3) is 4.56. The van der Waals surface area contributed by atoms with Gasteiger partial charge in [0.05, 0.1) is 18.1 Å². The first kappa shape index (κ1) is 22.8. The van der Waals surface area contributed by atoms with Crippen molar-refractivity contribution < 1.29 is 41.0 Å². The van der Waals surface area contributed by atoms with Gasteiger partial charge >= 0.3 is 12.1 Å². The third-order valence-corrected chi connectivity index (χ3v) is 4.66. The number of carbonyl (C=O) groups is 1. The fraction of sp³-hybridized carbons (Fsp3) is 0.0833. The van der Waals surface area contributed by atoms with Crippen molar-refractivity contribution in [1.29, 1.82) is 0 Å². The highest BCUT2D eigenvalue weighted by Crippen LogP contribution is 2.39. The van der Waals surface area contributed by atoms with Crippen molar-refractivity contribution in [3.8, 4) is 23.0 Å². The number of rotatable bonds is 5. The van der Waals surface area contributed by atoms with Gasteiger partial charge in [-0.15, -0.1) is 0 Å². The molecule has 1 aromatic heterocycles. The fourth-order valence-electron chi connectivity index (χ4n) is 3.05. The topological polar surface area (TPSA) is 75.0 Å². The van der Waals surface area contributed by atoms with E-state index in [1.807, 2.05) is 0 Å². The summed E-state index contributed by atoms with van der Waals surface area (Å²) in [6, 6.07) is 13.8. The summed E-state index contributed by atoms with van der Waals surface area (Å²) in [5.74, 6) is -4.49. The Morgan fingerprint density at radius 3 is 2.21 bits per heavy atom. The van der Waals surface area contributed by atoms with Crippen LogP contribution in [0, 0.1) is 5.82 Å². The number of hydrogen-bond donors (Lipinski definition) is 0. The second kappa shape index (κ2) is 8.89. The Kier molecular flexibility index (Phi) is 5.97. The molecule has 0 radical (unpaired) electrons. The van der Waals surface area contributed by atoms with E-state index in [-0.39, 0.29) is 22.4 Å². The van der Waals surface area contributed by atoms with E-state index < -0.39 is 40.5 Å². The number of hydrogen-bond acceptors (Lipinski definition) is 6. The smallest absolute Gasteiger partial charge is 0.453 e. The van der Waals surface area contributed by atoms with Gasteiger partial charge in [0.25, 0.3) is 5.76 Å². The molecule has 4 aromatic rings. The molecule has 0 aliphatic heterocycles. The van der Waals surface area contributed by atoms with Gasteiger partial charge in [-0.2, -0.15) is 13.2 Å². The highest BCUT2D eigenvalue weighted by Gasteiger charge is 2.40. The van der Waals surface area contributed by atoms with Crippen molar-refractivity contribution in [2.45, 2.75) is 6.18 Å². The molecule has 3 aromatic carbocycles. The van der Waals surface area contributed by atoms with Crippen LogP contribution in [0.2, 0.25) is 0 Å². The van der Waals surface area contributed by atoms with Crippen molar-refractivity contribution in [3.63, 3.8) is 0 Å². The van der Waals surface area contributed by atoms with Crippen LogP contribution in [0.15, 0.2) is 75.9 Å². The van der Waals surface area contributed by atoms with Gasteiger partial charge in [-0.05, 0) is 48.5 Å². The molecule has 0 amide bonds. The predicted molar refractivity (Wildman–Crippen MR) is 112 cm³/mol. The van der Waals surface area contributed by atoms with Gasteiger partial charge in [-0.1, -0.05) is 12.1 Å². The Bertz CT molecular complexity index is 1420. The summed E-state index contributed by atoms with van der Waals surface area (Å²) in [5, 5.41) is -0.248. The molecule has 0 saturated heterocycles. The summed E-state index contributed by atoms with van der Waals surface area (Å²) in [5.41, 5.74) is -1.96. The molecule has 4 rings (SSSR count). The van der Waals surface area contributed by atoms with E-state index in [0.717, 1.165) is 18.2 Å². The summed E-state index contributed by atoms with van der Waals surface area (Å²) < 4.78 is 75.1. The maximum Gasteiger partial charge on any atom is 0.453 e. The second-order valence-electron chi connectivity index (χ2n) is 6.89. The lowest BCUT2D eigenvalue weighted by molar-refractivity contribution is -0.154. The zero-order chi connectivity index (χ0) is 24.5. The molecule has 0 saturated carbocycles. The van der Waals surface area contributed by atoms with Gasteiger partial charge in [0.15, 0.2) is 0 Å². The lowest BCUT2D eigenvalue weighted by Crippen LogP contribution is -2.16. The Morgan fingerprint density at radius 1 is 0.912 bits per heavy atom. The maximum absolute atomic E-state index is 13.8. The lowest BCUT2D eigenvalue weighted by atomic mass is 10.2.